The number of rotatable bonds is 6. The molecule has 0 saturated heterocycles. The van der Waals surface area contributed by atoms with Crippen molar-refractivity contribution in [2.75, 3.05) is 24.2 Å². The molecule has 0 aliphatic heterocycles. The van der Waals surface area contributed by atoms with Gasteiger partial charge in [0.15, 0.2) is 0 Å². The van der Waals surface area contributed by atoms with Crippen LogP contribution in [-0.4, -0.2) is 34.2 Å². The summed E-state index contributed by atoms with van der Waals surface area (Å²) in [5.74, 6) is 0.481. The number of fused-ring (bicyclic) bond motifs is 1. The monoisotopic (exact) mass is 402 g/mol. The van der Waals surface area contributed by atoms with E-state index in [1.807, 2.05) is 31.2 Å². The Morgan fingerprint density at radius 1 is 1.25 bits per heavy atom. The molecule has 0 heterocycles. The number of hydrogen-bond donors (Lipinski definition) is 1. The highest BCUT2D eigenvalue weighted by molar-refractivity contribution is 7.92. The Morgan fingerprint density at radius 3 is 2.71 bits per heavy atom. The van der Waals surface area contributed by atoms with Crippen molar-refractivity contribution in [1.82, 2.24) is 5.32 Å². The van der Waals surface area contributed by atoms with Crippen molar-refractivity contribution in [3.63, 3.8) is 0 Å². The second kappa shape index (κ2) is 8.22. The van der Waals surface area contributed by atoms with E-state index in [2.05, 4.69) is 5.32 Å². The first-order valence-corrected chi connectivity index (χ1v) is 11.1. The second-order valence-corrected chi connectivity index (χ2v) is 9.09. The van der Waals surface area contributed by atoms with E-state index in [1.165, 1.54) is 0 Å². The molecule has 0 bridgehead atoms. The van der Waals surface area contributed by atoms with E-state index in [-0.39, 0.29) is 18.5 Å². The number of anilines is 1. The third kappa shape index (κ3) is 4.65. The number of methoxy groups -OCH3 is 1. The maximum atomic E-state index is 12.7. The van der Waals surface area contributed by atoms with E-state index >= 15 is 0 Å². The van der Waals surface area contributed by atoms with Gasteiger partial charge in [0.1, 0.15) is 12.3 Å². The predicted octanol–water partition coefficient (Wildman–Crippen LogP) is 2.96. The Bertz CT molecular complexity index is 972. The first-order chi connectivity index (χ1) is 13.3. The molecule has 0 aromatic heterocycles. The molecule has 7 heteroatoms. The Morgan fingerprint density at radius 2 is 2.04 bits per heavy atom. The number of amides is 1. The van der Waals surface area contributed by atoms with Crippen molar-refractivity contribution in [3.8, 4) is 5.75 Å². The summed E-state index contributed by atoms with van der Waals surface area (Å²) in [5.41, 5.74) is 3.66. The van der Waals surface area contributed by atoms with Crippen molar-refractivity contribution in [3.05, 3.63) is 59.2 Å². The summed E-state index contributed by atoms with van der Waals surface area (Å²) in [6.07, 6.45) is 3.84. The van der Waals surface area contributed by atoms with Gasteiger partial charge >= 0.3 is 0 Å². The minimum atomic E-state index is -3.58. The molecule has 1 aliphatic rings. The van der Waals surface area contributed by atoms with Crippen LogP contribution in [0.1, 0.15) is 35.6 Å². The smallest absolute Gasteiger partial charge is 0.241 e. The number of carbonyl (C=O) groups is 1. The minimum Gasteiger partial charge on any atom is -0.497 e. The van der Waals surface area contributed by atoms with Gasteiger partial charge in [0.05, 0.1) is 25.1 Å². The standard InChI is InChI=1S/C21H26N2O4S/c1-15-6-4-8-17(12-15)23(28(3,25)26)14-21(24)22-20-9-5-7-16-13-18(27-2)10-11-19(16)20/h4,6,8,10-13,20H,5,7,9,14H2,1-3H3,(H,22,24). The van der Waals surface area contributed by atoms with Crippen LogP contribution in [0.15, 0.2) is 42.5 Å². The molecule has 0 radical (unpaired) electrons. The number of aryl methyl sites for hydroxylation is 2. The van der Waals surface area contributed by atoms with Gasteiger partial charge in [-0.3, -0.25) is 9.10 Å². The normalized spacial score (nSPS) is 16.2. The van der Waals surface area contributed by atoms with E-state index < -0.39 is 10.0 Å². The number of benzene rings is 2. The summed E-state index contributed by atoms with van der Waals surface area (Å²) in [7, 11) is -1.95. The molecular weight excluding hydrogens is 376 g/mol. The Kier molecular flexibility index (Phi) is 5.93. The van der Waals surface area contributed by atoms with Crippen LogP contribution >= 0.6 is 0 Å². The molecular formula is C21H26N2O4S. The predicted molar refractivity (Wildman–Crippen MR) is 110 cm³/mol. The molecule has 150 valence electrons. The Balaban J connectivity index is 1.78. The van der Waals surface area contributed by atoms with Gasteiger partial charge in [-0.15, -0.1) is 0 Å². The molecule has 28 heavy (non-hydrogen) atoms. The Hall–Kier alpha value is -2.54. The molecule has 6 nitrogen and oxygen atoms in total. The van der Waals surface area contributed by atoms with E-state index in [9.17, 15) is 13.2 Å². The van der Waals surface area contributed by atoms with Gasteiger partial charge in [-0.2, -0.15) is 0 Å². The third-order valence-corrected chi connectivity index (χ3v) is 6.12. The molecule has 1 atom stereocenters. The number of ether oxygens (including phenoxy) is 1. The van der Waals surface area contributed by atoms with Crippen molar-refractivity contribution in [2.45, 2.75) is 32.2 Å². The van der Waals surface area contributed by atoms with Gasteiger partial charge in [-0.1, -0.05) is 18.2 Å². The highest BCUT2D eigenvalue weighted by atomic mass is 32.2. The van der Waals surface area contributed by atoms with Gasteiger partial charge < -0.3 is 10.1 Å². The zero-order valence-corrected chi connectivity index (χ0v) is 17.3. The average Bonchev–Trinajstić information content (AvgIpc) is 2.65. The molecule has 1 unspecified atom stereocenters. The number of nitrogens with zero attached hydrogens (tertiary/aromatic N) is 1. The topological polar surface area (TPSA) is 75.7 Å². The van der Waals surface area contributed by atoms with Gasteiger partial charge in [0.2, 0.25) is 15.9 Å². The first kappa shape index (κ1) is 20.2. The fourth-order valence-electron chi connectivity index (χ4n) is 3.62. The minimum absolute atomic E-state index is 0.124. The van der Waals surface area contributed by atoms with Crippen LogP contribution in [0.2, 0.25) is 0 Å². The summed E-state index contributed by atoms with van der Waals surface area (Å²) >= 11 is 0. The Labute approximate surface area is 166 Å². The number of hydrogen-bond acceptors (Lipinski definition) is 4. The highest BCUT2D eigenvalue weighted by Gasteiger charge is 2.25. The molecule has 1 N–H and O–H groups in total. The molecule has 2 aromatic rings. The molecule has 0 spiro atoms. The second-order valence-electron chi connectivity index (χ2n) is 7.19. The molecule has 0 fully saturated rings. The van der Waals surface area contributed by atoms with Crippen LogP contribution in [0.25, 0.3) is 0 Å². The first-order valence-electron chi connectivity index (χ1n) is 9.28. The van der Waals surface area contributed by atoms with Crippen molar-refractivity contribution >= 4 is 21.6 Å². The summed E-state index contributed by atoms with van der Waals surface area (Å²) < 4.78 is 31.0. The fraction of sp³-hybridized carbons (Fsp3) is 0.381. The summed E-state index contributed by atoms with van der Waals surface area (Å²) in [5, 5.41) is 3.01. The quantitative estimate of drug-likeness (QED) is 0.806. The van der Waals surface area contributed by atoms with E-state index in [4.69, 9.17) is 4.74 Å². The van der Waals surface area contributed by atoms with Gasteiger partial charge in [-0.05, 0) is 67.1 Å². The lowest BCUT2D eigenvalue weighted by Crippen LogP contribution is -2.42. The van der Waals surface area contributed by atoms with E-state index in [0.29, 0.717) is 5.69 Å². The highest BCUT2D eigenvalue weighted by Crippen LogP contribution is 2.32. The molecule has 3 rings (SSSR count). The average molecular weight is 403 g/mol. The summed E-state index contributed by atoms with van der Waals surface area (Å²) in [6, 6.07) is 12.9. The van der Waals surface area contributed by atoms with E-state index in [1.54, 1.807) is 25.3 Å². The van der Waals surface area contributed by atoms with Gasteiger partial charge in [0, 0.05) is 0 Å². The molecule has 1 aliphatic carbocycles. The maximum absolute atomic E-state index is 12.7. The zero-order chi connectivity index (χ0) is 20.3. The van der Waals surface area contributed by atoms with Crippen LogP contribution in [0.4, 0.5) is 5.69 Å². The number of nitrogens with one attached hydrogen (secondary N) is 1. The fourth-order valence-corrected chi connectivity index (χ4v) is 4.47. The van der Waals surface area contributed by atoms with Crippen LogP contribution in [-0.2, 0) is 21.2 Å². The van der Waals surface area contributed by atoms with Gasteiger partial charge in [0.25, 0.3) is 0 Å². The maximum Gasteiger partial charge on any atom is 0.241 e. The van der Waals surface area contributed by atoms with Crippen LogP contribution in [0, 0.1) is 6.92 Å². The zero-order valence-electron chi connectivity index (χ0n) is 16.4. The number of carbonyl (C=O) groups excluding carboxylic acids is 1. The number of sulfonamides is 1. The lowest BCUT2D eigenvalue weighted by molar-refractivity contribution is -0.120. The van der Waals surface area contributed by atoms with Crippen molar-refractivity contribution in [2.24, 2.45) is 0 Å². The summed E-state index contributed by atoms with van der Waals surface area (Å²) in [6.45, 7) is 1.64. The molecule has 2 aromatic carbocycles. The van der Waals surface area contributed by atoms with Crippen molar-refractivity contribution < 1.29 is 17.9 Å². The van der Waals surface area contributed by atoms with Crippen LogP contribution < -0.4 is 14.4 Å². The molecule has 0 saturated carbocycles. The lowest BCUT2D eigenvalue weighted by atomic mass is 9.87. The van der Waals surface area contributed by atoms with Crippen molar-refractivity contribution in [1.29, 1.82) is 0 Å². The SMILES string of the molecule is COc1ccc2c(c1)CCCC2NC(=O)CN(c1cccc(C)c1)S(C)(=O)=O. The van der Waals surface area contributed by atoms with Crippen LogP contribution in [0.3, 0.4) is 0 Å². The summed E-state index contributed by atoms with van der Waals surface area (Å²) in [4.78, 5) is 12.7. The lowest BCUT2D eigenvalue weighted by Gasteiger charge is -2.28. The van der Waals surface area contributed by atoms with Gasteiger partial charge in [-0.25, -0.2) is 8.42 Å². The van der Waals surface area contributed by atoms with E-state index in [0.717, 1.165) is 52.3 Å². The third-order valence-electron chi connectivity index (χ3n) is 4.98. The molecule has 1 amide bonds. The van der Waals surface area contributed by atoms with Crippen LogP contribution in [0.5, 0.6) is 5.75 Å². The largest absolute Gasteiger partial charge is 0.497 e.